The summed E-state index contributed by atoms with van der Waals surface area (Å²) < 4.78 is 36.1. The fourth-order valence-electron chi connectivity index (χ4n) is 1.01. The largest absolute Gasteiger partial charge is 0.480 e. The number of nitrogens with zero attached hydrogens (tertiary/aromatic N) is 2. The van der Waals surface area contributed by atoms with Crippen LogP contribution in [-0.2, 0) is 9.59 Å². The van der Waals surface area contributed by atoms with Gasteiger partial charge in [0.1, 0.15) is 6.54 Å². The molecule has 0 aromatic rings. The molecule has 2 N–H and O–H groups in total. The van der Waals surface area contributed by atoms with Crippen LogP contribution in [0.1, 0.15) is 0 Å². The summed E-state index contributed by atoms with van der Waals surface area (Å²) in [5.41, 5.74) is 0. The van der Waals surface area contributed by atoms with E-state index in [1.807, 2.05) is 5.32 Å². The Balaban J connectivity index is 4.34. The molecular formula is C8H10F3N3O3. The van der Waals surface area contributed by atoms with E-state index in [1.54, 1.807) is 6.07 Å². The van der Waals surface area contributed by atoms with Gasteiger partial charge in [-0.25, -0.2) is 0 Å². The van der Waals surface area contributed by atoms with Gasteiger partial charge >= 0.3 is 12.1 Å². The topological polar surface area (TPSA) is 93.4 Å². The summed E-state index contributed by atoms with van der Waals surface area (Å²) >= 11 is 0. The molecule has 6 nitrogen and oxygen atoms in total. The molecule has 0 atom stereocenters. The highest BCUT2D eigenvalue weighted by molar-refractivity contribution is 5.79. The molecule has 9 heteroatoms. The monoisotopic (exact) mass is 253 g/mol. The van der Waals surface area contributed by atoms with Crippen LogP contribution < -0.4 is 5.32 Å². The highest BCUT2D eigenvalue weighted by Gasteiger charge is 2.32. The number of carboxylic acid groups (broad SMARTS) is 1. The molecule has 0 aliphatic rings. The Bertz CT molecular complexity index is 324. The van der Waals surface area contributed by atoms with Gasteiger partial charge < -0.3 is 10.4 Å². The number of carboxylic acids is 1. The zero-order chi connectivity index (χ0) is 13.5. The number of aliphatic carboxylic acids is 1. The van der Waals surface area contributed by atoms with Crippen LogP contribution in [0.2, 0.25) is 0 Å². The van der Waals surface area contributed by atoms with E-state index in [4.69, 9.17) is 10.4 Å². The third kappa shape index (κ3) is 9.13. The molecule has 17 heavy (non-hydrogen) atoms. The summed E-state index contributed by atoms with van der Waals surface area (Å²) in [6.45, 7) is -3.47. The number of alkyl halides is 3. The van der Waals surface area contributed by atoms with Crippen molar-refractivity contribution < 1.29 is 27.9 Å². The van der Waals surface area contributed by atoms with Gasteiger partial charge in [0.2, 0.25) is 5.91 Å². The van der Waals surface area contributed by atoms with Crippen molar-refractivity contribution in [3.63, 3.8) is 0 Å². The molecule has 0 spiro atoms. The highest BCUT2D eigenvalue weighted by Crippen LogP contribution is 2.15. The van der Waals surface area contributed by atoms with Crippen molar-refractivity contribution in [2.45, 2.75) is 6.18 Å². The molecule has 96 valence electrons. The first-order valence-electron chi connectivity index (χ1n) is 4.39. The summed E-state index contributed by atoms with van der Waals surface area (Å²) in [5, 5.41) is 18.5. The van der Waals surface area contributed by atoms with Gasteiger partial charge in [-0.05, 0) is 0 Å². The Kier molecular flexibility index (Phi) is 5.98. The summed E-state index contributed by atoms with van der Waals surface area (Å²) in [7, 11) is 0. The average Bonchev–Trinajstić information content (AvgIpc) is 2.10. The Morgan fingerprint density at radius 1 is 1.35 bits per heavy atom. The van der Waals surface area contributed by atoms with Crippen LogP contribution in [0.15, 0.2) is 0 Å². The third-order valence-corrected chi connectivity index (χ3v) is 1.49. The van der Waals surface area contributed by atoms with Crippen LogP contribution in [-0.4, -0.2) is 54.2 Å². The molecule has 0 fully saturated rings. The second-order valence-electron chi connectivity index (χ2n) is 3.09. The van der Waals surface area contributed by atoms with Gasteiger partial charge in [-0.3, -0.25) is 14.5 Å². The second-order valence-corrected chi connectivity index (χ2v) is 3.09. The van der Waals surface area contributed by atoms with Crippen molar-refractivity contribution in [2.75, 3.05) is 26.2 Å². The van der Waals surface area contributed by atoms with E-state index < -0.39 is 37.7 Å². The SMILES string of the molecule is N#CCNC(=O)CN(CC(=O)O)CC(F)(F)F. The number of hydrogen-bond acceptors (Lipinski definition) is 4. The van der Waals surface area contributed by atoms with Gasteiger partial charge in [0.05, 0.1) is 25.7 Å². The van der Waals surface area contributed by atoms with E-state index in [0.717, 1.165) is 0 Å². The molecule has 0 rings (SSSR count). The minimum Gasteiger partial charge on any atom is -0.480 e. The molecule has 0 aliphatic carbocycles. The van der Waals surface area contributed by atoms with Gasteiger partial charge in [-0.15, -0.1) is 0 Å². The van der Waals surface area contributed by atoms with Gasteiger partial charge in [0, 0.05) is 0 Å². The Hall–Kier alpha value is -1.82. The first kappa shape index (κ1) is 15.2. The van der Waals surface area contributed by atoms with E-state index >= 15 is 0 Å². The maximum atomic E-state index is 12.0. The first-order valence-corrected chi connectivity index (χ1v) is 4.39. The van der Waals surface area contributed by atoms with Gasteiger partial charge in [-0.1, -0.05) is 0 Å². The molecule has 0 heterocycles. The average molecular weight is 253 g/mol. The van der Waals surface area contributed by atoms with E-state index in [9.17, 15) is 22.8 Å². The fraction of sp³-hybridized carbons (Fsp3) is 0.625. The zero-order valence-electron chi connectivity index (χ0n) is 8.62. The first-order chi connectivity index (χ1) is 7.74. The normalized spacial score (nSPS) is 11.0. The molecule has 0 aromatic carbocycles. The smallest absolute Gasteiger partial charge is 0.401 e. The molecular weight excluding hydrogens is 243 g/mol. The number of halogens is 3. The van der Waals surface area contributed by atoms with E-state index in [-0.39, 0.29) is 6.54 Å². The molecule has 0 radical (unpaired) electrons. The van der Waals surface area contributed by atoms with Gasteiger partial charge in [-0.2, -0.15) is 18.4 Å². The maximum Gasteiger partial charge on any atom is 0.401 e. The van der Waals surface area contributed by atoms with Crippen LogP contribution in [0.4, 0.5) is 13.2 Å². The van der Waals surface area contributed by atoms with Crippen LogP contribution in [0.25, 0.3) is 0 Å². The van der Waals surface area contributed by atoms with E-state index in [2.05, 4.69) is 0 Å². The Morgan fingerprint density at radius 3 is 2.35 bits per heavy atom. The van der Waals surface area contributed by atoms with Crippen molar-refractivity contribution >= 4 is 11.9 Å². The zero-order valence-corrected chi connectivity index (χ0v) is 8.62. The van der Waals surface area contributed by atoms with Crippen molar-refractivity contribution in [3.8, 4) is 6.07 Å². The van der Waals surface area contributed by atoms with Crippen molar-refractivity contribution in [1.29, 1.82) is 5.26 Å². The minimum atomic E-state index is -4.59. The summed E-state index contributed by atoms with van der Waals surface area (Å²) in [6, 6.07) is 1.57. The number of amides is 1. The number of hydrogen-bond donors (Lipinski definition) is 2. The van der Waals surface area contributed by atoms with Gasteiger partial charge in [0.25, 0.3) is 0 Å². The van der Waals surface area contributed by atoms with E-state index in [0.29, 0.717) is 4.90 Å². The van der Waals surface area contributed by atoms with Crippen molar-refractivity contribution in [2.24, 2.45) is 0 Å². The van der Waals surface area contributed by atoms with E-state index in [1.165, 1.54) is 0 Å². The Morgan fingerprint density at radius 2 is 1.94 bits per heavy atom. The molecule has 0 aromatic heterocycles. The van der Waals surface area contributed by atoms with Crippen LogP contribution in [0.5, 0.6) is 0 Å². The van der Waals surface area contributed by atoms with Crippen LogP contribution in [0.3, 0.4) is 0 Å². The highest BCUT2D eigenvalue weighted by atomic mass is 19.4. The number of nitriles is 1. The number of carbonyl (C=O) groups excluding carboxylic acids is 1. The minimum absolute atomic E-state index is 0.342. The van der Waals surface area contributed by atoms with Crippen LogP contribution in [0, 0.1) is 11.3 Å². The molecule has 0 bridgehead atoms. The number of rotatable bonds is 6. The maximum absolute atomic E-state index is 12.0. The molecule has 1 amide bonds. The quantitative estimate of drug-likeness (QED) is 0.627. The predicted molar refractivity (Wildman–Crippen MR) is 48.8 cm³/mol. The standard InChI is InChI=1S/C8H10F3N3O3/c9-8(10,11)5-14(4-7(16)17)3-6(15)13-2-1-12/h2-5H2,(H,13,15)(H,16,17). The van der Waals surface area contributed by atoms with Gasteiger partial charge in [0.15, 0.2) is 0 Å². The lowest BCUT2D eigenvalue weighted by atomic mass is 10.4. The summed E-state index contributed by atoms with van der Waals surface area (Å²) in [4.78, 5) is 21.7. The molecule has 0 unspecified atom stereocenters. The lowest BCUT2D eigenvalue weighted by Gasteiger charge is -2.20. The Labute approximate surface area is 94.6 Å². The third-order valence-electron chi connectivity index (χ3n) is 1.49. The second kappa shape index (κ2) is 6.70. The molecule has 0 aliphatic heterocycles. The lowest BCUT2D eigenvalue weighted by molar-refractivity contribution is -0.155. The lowest BCUT2D eigenvalue weighted by Crippen LogP contribution is -2.44. The molecule has 0 saturated heterocycles. The fourth-order valence-corrected chi connectivity index (χ4v) is 1.01. The molecule has 0 saturated carbocycles. The number of carbonyl (C=O) groups is 2. The van der Waals surface area contributed by atoms with Crippen molar-refractivity contribution in [1.82, 2.24) is 10.2 Å². The summed E-state index contributed by atoms with van der Waals surface area (Å²) in [6.07, 6.45) is -4.59. The van der Waals surface area contributed by atoms with Crippen LogP contribution >= 0.6 is 0 Å². The summed E-state index contributed by atoms with van der Waals surface area (Å²) in [5.74, 6) is -2.31. The number of nitrogens with one attached hydrogen (secondary N) is 1. The predicted octanol–water partition coefficient (Wildman–Crippen LogP) is -0.425. The van der Waals surface area contributed by atoms with Crippen molar-refractivity contribution in [3.05, 3.63) is 0 Å².